The second-order valence-electron chi connectivity index (χ2n) is 3.16. The lowest BCUT2D eigenvalue weighted by Gasteiger charge is -2.32. The van der Waals surface area contributed by atoms with E-state index in [9.17, 15) is 4.79 Å². The Morgan fingerprint density at radius 3 is 2.58 bits per heavy atom. The molecule has 0 aromatic rings. The van der Waals surface area contributed by atoms with Crippen LogP contribution >= 0.6 is 11.6 Å². The molecule has 0 radical (unpaired) electrons. The number of piperidine rings is 1. The van der Waals surface area contributed by atoms with Gasteiger partial charge in [-0.05, 0) is 25.9 Å². The van der Waals surface area contributed by atoms with Crippen LogP contribution in [0, 0.1) is 5.41 Å². The van der Waals surface area contributed by atoms with Crippen LogP contribution in [0.1, 0.15) is 12.8 Å². The number of hydrogen-bond acceptors (Lipinski definition) is 3. The fraction of sp³-hybridized carbons (Fsp3) is 0.875. The summed E-state index contributed by atoms with van der Waals surface area (Å²) in [5.41, 5.74) is -0.429. The first-order valence-corrected chi connectivity index (χ1v) is 4.64. The van der Waals surface area contributed by atoms with Gasteiger partial charge in [-0.2, -0.15) is 0 Å². The lowest BCUT2D eigenvalue weighted by molar-refractivity contribution is -0.152. The molecule has 0 aromatic heterocycles. The zero-order valence-corrected chi connectivity index (χ0v) is 7.99. The van der Waals surface area contributed by atoms with Crippen molar-refractivity contribution in [3.63, 3.8) is 0 Å². The minimum Gasteiger partial charge on any atom is -0.469 e. The maximum Gasteiger partial charge on any atom is 0.313 e. The first-order chi connectivity index (χ1) is 5.75. The Labute approximate surface area is 77.4 Å². The summed E-state index contributed by atoms with van der Waals surface area (Å²) >= 11 is 5.78. The van der Waals surface area contributed by atoms with Crippen molar-refractivity contribution >= 4 is 17.6 Å². The van der Waals surface area contributed by atoms with Crippen LogP contribution in [0.3, 0.4) is 0 Å². The molecule has 0 aromatic carbocycles. The number of alkyl halides is 1. The van der Waals surface area contributed by atoms with E-state index in [1.165, 1.54) is 7.11 Å². The van der Waals surface area contributed by atoms with E-state index in [-0.39, 0.29) is 5.97 Å². The van der Waals surface area contributed by atoms with Gasteiger partial charge >= 0.3 is 5.97 Å². The monoisotopic (exact) mass is 191 g/mol. The summed E-state index contributed by atoms with van der Waals surface area (Å²) in [7, 11) is 1.42. The van der Waals surface area contributed by atoms with Crippen molar-refractivity contribution in [2.24, 2.45) is 5.41 Å². The highest BCUT2D eigenvalue weighted by Gasteiger charge is 2.39. The zero-order chi connectivity index (χ0) is 9.03. The first-order valence-electron chi connectivity index (χ1n) is 4.10. The van der Waals surface area contributed by atoms with Gasteiger partial charge in [0.2, 0.25) is 0 Å². The standard InChI is InChI=1S/C8H14ClNO2/c1-12-7(11)8(6-9)2-4-10-5-3-8/h10H,2-6H2,1H3. The van der Waals surface area contributed by atoms with Gasteiger partial charge in [0.15, 0.2) is 0 Å². The number of esters is 1. The largest absolute Gasteiger partial charge is 0.469 e. The highest BCUT2D eigenvalue weighted by Crippen LogP contribution is 2.31. The Morgan fingerprint density at radius 2 is 2.17 bits per heavy atom. The van der Waals surface area contributed by atoms with E-state index in [0.29, 0.717) is 5.88 Å². The van der Waals surface area contributed by atoms with Crippen LogP contribution in [0.2, 0.25) is 0 Å². The van der Waals surface area contributed by atoms with E-state index in [0.717, 1.165) is 25.9 Å². The molecule has 3 nitrogen and oxygen atoms in total. The van der Waals surface area contributed by atoms with Gasteiger partial charge in [-0.15, -0.1) is 11.6 Å². The Morgan fingerprint density at radius 1 is 1.58 bits per heavy atom. The van der Waals surface area contributed by atoms with Crippen LogP contribution < -0.4 is 5.32 Å². The first kappa shape index (κ1) is 9.81. The zero-order valence-electron chi connectivity index (χ0n) is 7.23. The van der Waals surface area contributed by atoms with Gasteiger partial charge in [-0.3, -0.25) is 4.79 Å². The summed E-state index contributed by atoms with van der Waals surface area (Å²) in [6, 6.07) is 0. The number of carbonyl (C=O) groups is 1. The lowest BCUT2D eigenvalue weighted by atomic mass is 9.81. The van der Waals surface area contributed by atoms with Crippen molar-refractivity contribution in [2.45, 2.75) is 12.8 Å². The number of ether oxygens (including phenoxy) is 1. The predicted octanol–water partition coefficient (Wildman–Crippen LogP) is 0.768. The van der Waals surface area contributed by atoms with Gasteiger partial charge < -0.3 is 10.1 Å². The molecule has 1 saturated heterocycles. The number of methoxy groups -OCH3 is 1. The summed E-state index contributed by atoms with van der Waals surface area (Å²) in [5, 5.41) is 3.19. The molecule has 1 heterocycles. The number of halogens is 1. The third-order valence-corrected chi connectivity index (χ3v) is 2.95. The van der Waals surface area contributed by atoms with Crippen LogP contribution in [0.25, 0.3) is 0 Å². The third kappa shape index (κ3) is 1.72. The van der Waals surface area contributed by atoms with Gasteiger partial charge in [-0.25, -0.2) is 0 Å². The van der Waals surface area contributed by atoms with Crippen LogP contribution in [0.5, 0.6) is 0 Å². The van der Waals surface area contributed by atoms with Crippen LogP contribution in [0.15, 0.2) is 0 Å². The molecule has 1 aliphatic rings. The third-order valence-electron chi connectivity index (χ3n) is 2.43. The average molecular weight is 192 g/mol. The molecule has 0 saturated carbocycles. The van der Waals surface area contributed by atoms with E-state index in [1.54, 1.807) is 0 Å². The molecule has 1 aliphatic heterocycles. The van der Waals surface area contributed by atoms with Gasteiger partial charge in [0.1, 0.15) is 0 Å². The number of hydrogen-bond donors (Lipinski definition) is 1. The van der Waals surface area contributed by atoms with Gasteiger partial charge in [0.05, 0.1) is 12.5 Å². The van der Waals surface area contributed by atoms with Gasteiger partial charge in [-0.1, -0.05) is 0 Å². The molecule has 0 bridgehead atoms. The minimum atomic E-state index is -0.429. The Kier molecular flexibility index (Phi) is 3.35. The van der Waals surface area contributed by atoms with Crippen molar-refractivity contribution in [2.75, 3.05) is 26.1 Å². The Bertz CT molecular complexity index is 166. The van der Waals surface area contributed by atoms with Gasteiger partial charge in [0, 0.05) is 5.88 Å². The molecule has 0 aliphatic carbocycles. The molecule has 1 fully saturated rings. The smallest absolute Gasteiger partial charge is 0.313 e. The van der Waals surface area contributed by atoms with Crippen molar-refractivity contribution in [3.05, 3.63) is 0 Å². The molecule has 0 atom stereocenters. The molecule has 4 heteroatoms. The van der Waals surface area contributed by atoms with Crippen LogP contribution in [-0.4, -0.2) is 32.0 Å². The quantitative estimate of drug-likeness (QED) is 0.518. The Hall–Kier alpha value is -0.280. The highest BCUT2D eigenvalue weighted by atomic mass is 35.5. The molecule has 0 amide bonds. The van der Waals surface area contributed by atoms with E-state index in [1.807, 2.05) is 0 Å². The number of carbonyl (C=O) groups excluding carboxylic acids is 1. The maximum atomic E-state index is 11.4. The average Bonchev–Trinajstić information content (AvgIpc) is 2.17. The normalized spacial score (nSPS) is 21.8. The highest BCUT2D eigenvalue weighted by molar-refractivity contribution is 6.19. The van der Waals surface area contributed by atoms with E-state index in [2.05, 4.69) is 5.32 Å². The van der Waals surface area contributed by atoms with Crippen molar-refractivity contribution in [1.29, 1.82) is 0 Å². The topological polar surface area (TPSA) is 38.3 Å². The molecule has 0 spiro atoms. The van der Waals surface area contributed by atoms with Crippen molar-refractivity contribution in [1.82, 2.24) is 5.32 Å². The lowest BCUT2D eigenvalue weighted by Crippen LogP contribution is -2.44. The van der Waals surface area contributed by atoms with Crippen LogP contribution in [-0.2, 0) is 9.53 Å². The number of nitrogens with one attached hydrogen (secondary N) is 1. The fourth-order valence-electron chi connectivity index (χ4n) is 1.51. The summed E-state index contributed by atoms with van der Waals surface area (Å²) in [4.78, 5) is 11.4. The molecule has 1 N–H and O–H groups in total. The summed E-state index contributed by atoms with van der Waals surface area (Å²) < 4.78 is 4.73. The fourth-order valence-corrected chi connectivity index (χ4v) is 1.89. The molecule has 0 unspecified atom stereocenters. The van der Waals surface area contributed by atoms with E-state index >= 15 is 0 Å². The Balaban J connectivity index is 2.66. The molecular formula is C8H14ClNO2. The van der Waals surface area contributed by atoms with Crippen molar-refractivity contribution < 1.29 is 9.53 Å². The minimum absolute atomic E-state index is 0.168. The SMILES string of the molecule is COC(=O)C1(CCl)CCNCC1. The van der Waals surface area contributed by atoms with E-state index < -0.39 is 5.41 Å². The van der Waals surface area contributed by atoms with Crippen molar-refractivity contribution in [3.8, 4) is 0 Å². The number of rotatable bonds is 2. The predicted molar refractivity (Wildman–Crippen MR) is 47.3 cm³/mol. The summed E-state index contributed by atoms with van der Waals surface area (Å²) in [6.45, 7) is 1.70. The second kappa shape index (κ2) is 4.10. The molecule has 12 heavy (non-hydrogen) atoms. The van der Waals surface area contributed by atoms with Gasteiger partial charge in [0.25, 0.3) is 0 Å². The molecule has 1 rings (SSSR count). The second-order valence-corrected chi connectivity index (χ2v) is 3.42. The van der Waals surface area contributed by atoms with Crippen LogP contribution in [0.4, 0.5) is 0 Å². The molecule has 70 valence electrons. The summed E-state index contributed by atoms with van der Waals surface area (Å²) in [6.07, 6.45) is 1.56. The molecular weight excluding hydrogens is 178 g/mol. The summed E-state index contributed by atoms with van der Waals surface area (Å²) in [5.74, 6) is 0.195. The van der Waals surface area contributed by atoms with E-state index in [4.69, 9.17) is 16.3 Å². The maximum absolute atomic E-state index is 11.4.